The number of halogens is 4. The molecular formula is C22H23ClF3N5O. The van der Waals surface area contributed by atoms with E-state index in [2.05, 4.69) is 20.0 Å². The fourth-order valence-corrected chi connectivity index (χ4v) is 3.92. The number of pyridine rings is 1. The normalized spacial score (nSPS) is 15.3. The second-order valence-electron chi connectivity index (χ2n) is 7.84. The van der Waals surface area contributed by atoms with Crippen molar-refractivity contribution in [1.82, 2.24) is 20.0 Å². The highest BCUT2D eigenvalue weighted by Crippen LogP contribution is 2.33. The first-order valence-corrected chi connectivity index (χ1v) is 10.8. The third-order valence-electron chi connectivity index (χ3n) is 5.46. The number of aromatic nitrogens is 3. The molecule has 170 valence electrons. The van der Waals surface area contributed by atoms with E-state index >= 15 is 0 Å². The van der Waals surface area contributed by atoms with Gasteiger partial charge in [-0.2, -0.15) is 18.2 Å². The zero-order valence-electron chi connectivity index (χ0n) is 17.6. The molecule has 1 saturated heterocycles. The molecule has 6 nitrogen and oxygen atoms in total. The van der Waals surface area contributed by atoms with Gasteiger partial charge in [-0.25, -0.2) is 4.98 Å². The van der Waals surface area contributed by atoms with Gasteiger partial charge < -0.3 is 9.42 Å². The maximum atomic E-state index is 12.8. The number of piperazine rings is 1. The van der Waals surface area contributed by atoms with E-state index in [1.807, 2.05) is 36.1 Å². The van der Waals surface area contributed by atoms with Crippen molar-refractivity contribution in [1.29, 1.82) is 0 Å². The van der Waals surface area contributed by atoms with Crippen LogP contribution in [-0.4, -0.2) is 52.7 Å². The largest absolute Gasteiger partial charge is 0.417 e. The smallest absolute Gasteiger partial charge is 0.353 e. The number of hydrogen-bond acceptors (Lipinski definition) is 6. The lowest BCUT2D eigenvalue weighted by atomic mass is 10.1. The van der Waals surface area contributed by atoms with Crippen LogP contribution in [0.1, 0.15) is 23.4 Å². The Hall–Kier alpha value is -2.65. The van der Waals surface area contributed by atoms with E-state index < -0.39 is 11.7 Å². The van der Waals surface area contributed by atoms with Gasteiger partial charge in [0.15, 0.2) is 0 Å². The third-order valence-corrected chi connectivity index (χ3v) is 5.74. The highest BCUT2D eigenvalue weighted by atomic mass is 35.5. The first kappa shape index (κ1) is 22.5. The SMILES string of the molecule is Cc1ccc(-c2noc(CCCN3CCN(c4ncc(C(F)(F)F)cc4Cl)CC3)n2)cc1. The predicted octanol–water partition coefficient (Wildman–Crippen LogP) is 4.87. The van der Waals surface area contributed by atoms with Crippen LogP contribution in [0, 0.1) is 6.92 Å². The highest BCUT2D eigenvalue weighted by molar-refractivity contribution is 6.33. The van der Waals surface area contributed by atoms with Gasteiger partial charge in [0, 0.05) is 44.4 Å². The molecule has 0 atom stereocenters. The maximum absolute atomic E-state index is 12.8. The van der Waals surface area contributed by atoms with Gasteiger partial charge in [-0.15, -0.1) is 0 Å². The van der Waals surface area contributed by atoms with Crippen molar-refractivity contribution in [3.8, 4) is 11.4 Å². The Morgan fingerprint density at radius 2 is 1.81 bits per heavy atom. The summed E-state index contributed by atoms with van der Waals surface area (Å²) in [6, 6.07) is 8.91. The van der Waals surface area contributed by atoms with Gasteiger partial charge in [0.25, 0.3) is 0 Å². The molecule has 0 unspecified atom stereocenters. The second kappa shape index (κ2) is 9.46. The monoisotopic (exact) mass is 465 g/mol. The molecule has 0 spiro atoms. The summed E-state index contributed by atoms with van der Waals surface area (Å²) in [6.45, 7) is 5.74. The van der Waals surface area contributed by atoms with Crippen molar-refractivity contribution in [2.75, 3.05) is 37.6 Å². The van der Waals surface area contributed by atoms with Crippen molar-refractivity contribution >= 4 is 17.4 Å². The lowest BCUT2D eigenvalue weighted by molar-refractivity contribution is -0.137. The van der Waals surface area contributed by atoms with Crippen molar-refractivity contribution in [2.24, 2.45) is 0 Å². The predicted molar refractivity (Wildman–Crippen MR) is 116 cm³/mol. The molecule has 0 radical (unpaired) electrons. The molecule has 0 saturated carbocycles. The summed E-state index contributed by atoms with van der Waals surface area (Å²) in [6.07, 6.45) is -2.06. The molecule has 0 N–H and O–H groups in total. The Balaban J connectivity index is 1.24. The molecule has 32 heavy (non-hydrogen) atoms. The summed E-state index contributed by atoms with van der Waals surface area (Å²) in [7, 11) is 0. The molecule has 1 aliphatic rings. The molecule has 1 aromatic carbocycles. The lowest BCUT2D eigenvalue weighted by Crippen LogP contribution is -2.47. The van der Waals surface area contributed by atoms with Crippen molar-refractivity contribution in [3.05, 3.63) is 58.6 Å². The number of anilines is 1. The van der Waals surface area contributed by atoms with Crippen molar-refractivity contribution < 1.29 is 17.7 Å². The molecule has 3 aromatic rings. The van der Waals surface area contributed by atoms with Gasteiger partial charge in [-0.3, -0.25) is 4.90 Å². The standard InChI is InChI=1S/C22H23ClF3N5O/c1-15-4-6-16(7-5-15)20-28-19(32-29-20)3-2-8-30-9-11-31(12-10-30)21-18(23)13-17(14-27-21)22(24,25)26/h4-7,13-14H,2-3,8-12H2,1H3. The Kier molecular flexibility index (Phi) is 6.66. The lowest BCUT2D eigenvalue weighted by Gasteiger charge is -2.35. The molecule has 0 bridgehead atoms. The quantitative estimate of drug-likeness (QED) is 0.518. The van der Waals surface area contributed by atoms with Crippen LogP contribution in [0.5, 0.6) is 0 Å². The van der Waals surface area contributed by atoms with E-state index in [0.29, 0.717) is 37.0 Å². The number of benzene rings is 1. The fourth-order valence-electron chi connectivity index (χ4n) is 3.63. The van der Waals surface area contributed by atoms with Gasteiger partial charge in [-0.1, -0.05) is 46.6 Å². The summed E-state index contributed by atoms with van der Waals surface area (Å²) in [4.78, 5) is 12.6. The molecule has 0 aliphatic carbocycles. The Morgan fingerprint density at radius 3 is 2.47 bits per heavy atom. The first-order valence-electron chi connectivity index (χ1n) is 10.4. The van der Waals surface area contributed by atoms with Crippen LogP contribution < -0.4 is 4.90 Å². The number of hydrogen-bond donors (Lipinski definition) is 0. The van der Waals surface area contributed by atoms with Crippen LogP contribution >= 0.6 is 11.6 Å². The number of alkyl halides is 3. The van der Waals surface area contributed by atoms with Gasteiger partial charge in [0.1, 0.15) is 5.82 Å². The minimum absolute atomic E-state index is 0.0223. The summed E-state index contributed by atoms with van der Waals surface area (Å²) in [5, 5.41) is 4.08. The van der Waals surface area contributed by atoms with Gasteiger partial charge >= 0.3 is 6.18 Å². The van der Waals surface area contributed by atoms with Crippen LogP contribution in [0.15, 0.2) is 41.1 Å². The minimum Gasteiger partial charge on any atom is -0.353 e. The zero-order valence-corrected chi connectivity index (χ0v) is 18.3. The Morgan fingerprint density at radius 1 is 1.09 bits per heavy atom. The molecule has 10 heteroatoms. The third kappa shape index (κ3) is 5.39. The number of rotatable bonds is 6. The molecular weight excluding hydrogens is 443 g/mol. The molecule has 0 amide bonds. The average Bonchev–Trinajstić information content (AvgIpc) is 3.23. The van der Waals surface area contributed by atoms with Gasteiger partial charge in [0.05, 0.1) is 10.6 Å². The van der Waals surface area contributed by atoms with E-state index in [4.69, 9.17) is 16.1 Å². The summed E-state index contributed by atoms with van der Waals surface area (Å²) in [5.74, 6) is 1.60. The summed E-state index contributed by atoms with van der Waals surface area (Å²) >= 11 is 6.07. The fraction of sp³-hybridized carbons (Fsp3) is 0.409. The topological polar surface area (TPSA) is 58.3 Å². The first-order chi connectivity index (χ1) is 15.3. The average molecular weight is 466 g/mol. The number of aryl methyl sites for hydroxylation is 2. The Labute approximate surface area is 189 Å². The molecule has 2 aromatic heterocycles. The van der Waals surface area contributed by atoms with Crippen LogP contribution in [0.3, 0.4) is 0 Å². The van der Waals surface area contributed by atoms with Gasteiger partial charge in [0.2, 0.25) is 11.7 Å². The van der Waals surface area contributed by atoms with Crippen LogP contribution in [0.4, 0.5) is 19.0 Å². The molecule has 1 aliphatic heterocycles. The summed E-state index contributed by atoms with van der Waals surface area (Å²) in [5.41, 5.74) is 1.27. The Bertz CT molecular complexity index is 1050. The minimum atomic E-state index is -4.45. The van der Waals surface area contributed by atoms with E-state index in [-0.39, 0.29) is 5.02 Å². The second-order valence-corrected chi connectivity index (χ2v) is 8.24. The molecule has 3 heterocycles. The summed E-state index contributed by atoms with van der Waals surface area (Å²) < 4.78 is 43.8. The van der Waals surface area contributed by atoms with E-state index in [9.17, 15) is 13.2 Å². The van der Waals surface area contributed by atoms with Gasteiger partial charge in [-0.05, 0) is 26.0 Å². The molecule has 4 rings (SSSR count). The van der Waals surface area contributed by atoms with E-state index in [0.717, 1.165) is 43.9 Å². The van der Waals surface area contributed by atoms with Crippen LogP contribution in [-0.2, 0) is 12.6 Å². The number of nitrogens with zero attached hydrogens (tertiary/aromatic N) is 5. The van der Waals surface area contributed by atoms with E-state index in [1.54, 1.807) is 0 Å². The zero-order chi connectivity index (χ0) is 22.7. The molecule has 1 fully saturated rings. The van der Waals surface area contributed by atoms with Crippen LogP contribution in [0.25, 0.3) is 11.4 Å². The van der Waals surface area contributed by atoms with E-state index in [1.165, 1.54) is 5.56 Å². The van der Waals surface area contributed by atoms with Crippen LogP contribution in [0.2, 0.25) is 5.02 Å². The maximum Gasteiger partial charge on any atom is 0.417 e. The highest BCUT2D eigenvalue weighted by Gasteiger charge is 2.32. The van der Waals surface area contributed by atoms with Crippen molar-refractivity contribution in [2.45, 2.75) is 25.9 Å². The van der Waals surface area contributed by atoms with Crippen molar-refractivity contribution in [3.63, 3.8) is 0 Å².